The van der Waals surface area contributed by atoms with Gasteiger partial charge >= 0.3 is 0 Å². The highest BCUT2D eigenvalue weighted by atomic mass is 16.1. The van der Waals surface area contributed by atoms with E-state index in [0.717, 1.165) is 12.0 Å². The van der Waals surface area contributed by atoms with Gasteiger partial charge in [0, 0.05) is 18.7 Å². The number of rotatable bonds is 3. The quantitative estimate of drug-likeness (QED) is 0.691. The Morgan fingerprint density at radius 3 is 2.71 bits per heavy atom. The summed E-state index contributed by atoms with van der Waals surface area (Å²) in [5.41, 5.74) is 1.54. The Kier molecular flexibility index (Phi) is 3.33. The molecule has 0 amide bonds. The lowest BCUT2D eigenvalue weighted by Crippen LogP contribution is -2.08. The number of aromatic nitrogens is 2. The molecule has 0 aliphatic carbocycles. The van der Waals surface area contributed by atoms with Crippen molar-refractivity contribution in [2.24, 2.45) is 0 Å². The molecule has 0 bridgehead atoms. The predicted octanol–water partition coefficient (Wildman–Crippen LogP) is 2.50. The highest BCUT2D eigenvalue weighted by Gasteiger charge is 2.14. The van der Waals surface area contributed by atoms with E-state index in [1.165, 1.54) is 0 Å². The number of carbonyl (C=O) groups excluding carboxylic acids is 1. The Bertz CT molecular complexity index is 347. The third kappa shape index (κ3) is 2.16. The SMILES string of the molecule is CCC(C)c1cnc(C)nc1C(C)=O. The van der Waals surface area contributed by atoms with Crippen LogP contribution in [0.2, 0.25) is 0 Å². The Labute approximate surface area is 84.6 Å². The molecule has 1 aromatic rings. The zero-order chi connectivity index (χ0) is 10.7. The van der Waals surface area contributed by atoms with E-state index in [-0.39, 0.29) is 5.78 Å². The minimum absolute atomic E-state index is 0.0193. The Balaban J connectivity index is 3.21. The molecule has 0 saturated heterocycles. The number of aryl methyl sites for hydroxylation is 1. The molecular weight excluding hydrogens is 176 g/mol. The Morgan fingerprint density at radius 1 is 1.57 bits per heavy atom. The van der Waals surface area contributed by atoms with Gasteiger partial charge in [-0.15, -0.1) is 0 Å². The second-order valence-corrected chi connectivity index (χ2v) is 3.59. The number of carbonyl (C=O) groups is 1. The fourth-order valence-electron chi connectivity index (χ4n) is 1.34. The van der Waals surface area contributed by atoms with Gasteiger partial charge in [0.15, 0.2) is 5.78 Å². The lowest BCUT2D eigenvalue weighted by atomic mass is 9.97. The average molecular weight is 192 g/mol. The van der Waals surface area contributed by atoms with Gasteiger partial charge < -0.3 is 0 Å². The standard InChI is InChI=1S/C11H16N2O/c1-5-7(2)10-6-12-9(4)13-11(10)8(3)14/h6-7H,5H2,1-4H3. The molecule has 14 heavy (non-hydrogen) atoms. The van der Waals surface area contributed by atoms with Gasteiger partial charge in [0.2, 0.25) is 0 Å². The first-order valence-electron chi connectivity index (χ1n) is 4.90. The molecule has 1 unspecified atom stereocenters. The molecule has 1 heterocycles. The van der Waals surface area contributed by atoms with Crippen LogP contribution in [-0.4, -0.2) is 15.8 Å². The second-order valence-electron chi connectivity index (χ2n) is 3.59. The smallest absolute Gasteiger partial charge is 0.178 e. The zero-order valence-electron chi connectivity index (χ0n) is 9.16. The van der Waals surface area contributed by atoms with Crippen molar-refractivity contribution in [3.8, 4) is 0 Å². The van der Waals surface area contributed by atoms with Crippen LogP contribution in [0, 0.1) is 6.92 Å². The fraction of sp³-hybridized carbons (Fsp3) is 0.545. The van der Waals surface area contributed by atoms with E-state index in [1.807, 2.05) is 0 Å². The largest absolute Gasteiger partial charge is 0.293 e. The maximum absolute atomic E-state index is 11.3. The number of ketones is 1. The number of Topliss-reactive ketones (excluding diaryl/α,β-unsaturated/α-hetero) is 1. The summed E-state index contributed by atoms with van der Waals surface area (Å²) in [6, 6.07) is 0. The average Bonchev–Trinajstić information content (AvgIpc) is 2.16. The highest BCUT2D eigenvalue weighted by Crippen LogP contribution is 2.20. The van der Waals surface area contributed by atoms with Gasteiger partial charge in [-0.25, -0.2) is 9.97 Å². The molecule has 76 valence electrons. The molecular formula is C11H16N2O. The molecule has 0 fully saturated rings. The molecule has 0 aliphatic rings. The zero-order valence-corrected chi connectivity index (χ0v) is 9.16. The summed E-state index contributed by atoms with van der Waals surface area (Å²) < 4.78 is 0. The maximum Gasteiger partial charge on any atom is 0.178 e. The van der Waals surface area contributed by atoms with E-state index in [9.17, 15) is 4.79 Å². The van der Waals surface area contributed by atoms with Crippen LogP contribution >= 0.6 is 0 Å². The normalized spacial score (nSPS) is 12.6. The Hall–Kier alpha value is -1.25. The lowest BCUT2D eigenvalue weighted by molar-refractivity contribution is 0.101. The van der Waals surface area contributed by atoms with Gasteiger partial charge in [0.25, 0.3) is 0 Å². The van der Waals surface area contributed by atoms with Gasteiger partial charge in [-0.1, -0.05) is 13.8 Å². The van der Waals surface area contributed by atoms with Crippen LogP contribution in [0.15, 0.2) is 6.20 Å². The van der Waals surface area contributed by atoms with E-state index in [2.05, 4.69) is 23.8 Å². The first-order valence-corrected chi connectivity index (χ1v) is 4.90. The van der Waals surface area contributed by atoms with Gasteiger partial charge in [0.05, 0.1) is 0 Å². The van der Waals surface area contributed by atoms with Crippen molar-refractivity contribution in [3.05, 3.63) is 23.3 Å². The third-order valence-electron chi connectivity index (χ3n) is 2.41. The van der Waals surface area contributed by atoms with Gasteiger partial charge in [0.1, 0.15) is 11.5 Å². The summed E-state index contributed by atoms with van der Waals surface area (Å²) in [6.07, 6.45) is 2.76. The van der Waals surface area contributed by atoms with Crippen LogP contribution in [0.4, 0.5) is 0 Å². The molecule has 3 nitrogen and oxygen atoms in total. The van der Waals surface area contributed by atoms with Crippen LogP contribution in [0.3, 0.4) is 0 Å². The maximum atomic E-state index is 11.3. The summed E-state index contributed by atoms with van der Waals surface area (Å²) in [6.45, 7) is 7.52. The first kappa shape index (κ1) is 10.8. The summed E-state index contributed by atoms with van der Waals surface area (Å²) in [5.74, 6) is 1.02. The summed E-state index contributed by atoms with van der Waals surface area (Å²) in [5, 5.41) is 0. The van der Waals surface area contributed by atoms with E-state index < -0.39 is 0 Å². The molecule has 0 aliphatic heterocycles. The van der Waals surface area contributed by atoms with Crippen LogP contribution in [0.25, 0.3) is 0 Å². The van der Waals surface area contributed by atoms with Crippen LogP contribution in [-0.2, 0) is 0 Å². The second kappa shape index (κ2) is 4.31. The van der Waals surface area contributed by atoms with Crippen molar-refractivity contribution in [2.75, 3.05) is 0 Å². The first-order chi connectivity index (χ1) is 6.56. The van der Waals surface area contributed by atoms with E-state index in [4.69, 9.17) is 0 Å². The lowest BCUT2D eigenvalue weighted by Gasteiger charge is -2.11. The highest BCUT2D eigenvalue weighted by molar-refractivity contribution is 5.93. The van der Waals surface area contributed by atoms with Gasteiger partial charge in [-0.05, 0) is 19.3 Å². The summed E-state index contributed by atoms with van der Waals surface area (Å²) in [7, 11) is 0. The van der Waals surface area contributed by atoms with Gasteiger partial charge in [-0.2, -0.15) is 0 Å². The molecule has 1 aromatic heterocycles. The summed E-state index contributed by atoms with van der Waals surface area (Å²) >= 11 is 0. The van der Waals surface area contributed by atoms with Crippen molar-refractivity contribution in [1.29, 1.82) is 0 Å². The molecule has 3 heteroatoms. The van der Waals surface area contributed by atoms with Crippen molar-refractivity contribution >= 4 is 5.78 Å². The molecule has 1 atom stereocenters. The molecule has 0 aromatic carbocycles. The van der Waals surface area contributed by atoms with E-state index in [1.54, 1.807) is 20.0 Å². The van der Waals surface area contributed by atoms with Crippen molar-refractivity contribution in [1.82, 2.24) is 9.97 Å². The number of hydrogen-bond acceptors (Lipinski definition) is 3. The predicted molar refractivity (Wildman–Crippen MR) is 55.5 cm³/mol. The van der Waals surface area contributed by atoms with Crippen LogP contribution in [0.1, 0.15) is 55.0 Å². The number of nitrogens with zero attached hydrogens (tertiary/aromatic N) is 2. The van der Waals surface area contributed by atoms with Crippen LogP contribution in [0.5, 0.6) is 0 Å². The Morgan fingerprint density at radius 2 is 2.21 bits per heavy atom. The van der Waals surface area contributed by atoms with Crippen molar-refractivity contribution < 1.29 is 4.79 Å². The third-order valence-corrected chi connectivity index (χ3v) is 2.41. The minimum atomic E-state index is 0.0193. The molecule has 1 rings (SSSR count). The van der Waals surface area contributed by atoms with Crippen molar-refractivity contribution in [3.63, 3.8) is 0 Å². The minimum Gasteiger partial charge on any atom is -0.293 e. The van der Waals surface area contributed by atoms with Gasteiger partial charge in [-0.3, -0.25) is 4.79 Å². The van der Waals surface area contributed by atoms with E-state index in [0.29, 0.717) is 17.4 Å². The number of hydrogen-bond donors (Lipinski definition) is 0. The summed E-state index contributed by atoms with van der Waals surface area (Å²) in [4.78, 5) is 19.7. The van der Waals surface area contributed by atoms with Crippen LogP contribution < -0.4 is 0 Å². The monoisotopic (exact) mass is 192 g/mol. The molecule has 0 radical (unpaired) electrons. The molecule has 0 saturated carbocycles. The van der Waals surface area contributed by atoms with E-state index >= 15 is 0 Å². The fourth-order valence-corrected chi connectivity index (χ4v) is 1.34. The topological polar surface area (TPSA) is 42.9 Å². The van der Waals surface area contributed by atoms with Crippen molar-refractivity contribution in [2.45, 2.75) is 40.0 Å². The molecule has 0 spiro atoms. The molecule has 0 N–H and O–H groups in total.